The molecule has 0 unspecified atom stereocenters. The van der Waals surface area contributed by atoms with Gasteiger partial charge < -0.3 is 29.3 Å². The lowest BCUT2D eigenvalue weighted by atomic mass is 10.1. The number of carbonyl (C=O) groups is 3. The van der Waals surface area contributed by atoms with E-state index in [4.69, 9.17) is 19.2 Å². The number of nitrogens with one attached hydrogen (secondary N) is 2. The predicted octanol–water partition coefficient (Wildman–Crippen LogP) is 5.29. The maximum Gasteiger partial charge on any atom is 0.586 e. The average molecular weight is 801 g/mol. The molecular formula is C37H42F2N6O8S2. The van der Waals surface area contributed by atoms with Gasteiger partial charge in [-0.2, -0.15) is 0 Å². The summed E-state index contributed by atoms with van der Waals surface area (Å²) in [5, 5.41) is 5.58. The molecule has 2 aromatic heterocycles. The summed E-state index contributed by atoms with van der Waals surface area (Å²) in [6.07, 6.45) is 2.39. The highest BCUT2D eigenvalue weighted by atomic mass is 32.2. The summed E-state index contributed by atoms with van der Waals surface area (Å²) in [5.74, 6) is -1.67. The standard InChI is InChI=1S/C37H42F2N6O8S2/c1-20(2)25-19-54-31(41-25)24-16-28(23-10-11-27-30(29(23)40-24)53-37(38,39)52-27)51-22-15-26-32(46)44(4)14-8-6-5-7-9-21-17-36(21,42-34(48)45(26)18-22)33(47)43-55(49,50)35(3)12-13-35/h7,9-11,16,19-22,26H,5-6,8,12-15,17-18H2,1-4H3,(H,42,48)(H,43,47)/b9-7-/t21-,22+,26+,36-/m1/s1. The largest absolute Gasteiger partial charge is 0.586 e. The third kappa shape index (κ3) is 6.84. The minimum absolute atomic E-state index is 0.0599. The summed E-state index contributed by atoms with van der Waals surface area (Å²) in [6.45, 7) is 5.94. The first-order chi connectivity index (χ1) is 26.0. The number of amides is 4. The Hall–Kier alpha value is -4.58. The van der Waals surface area contributed by atoms with Crippen molar-refractivity contribution in [2.75, 3.05) is 20.1 Å². The molecule has 8 rings (SSSR count). The van der Waals surface area contributed by atoms with Crippen LogP contribution < -0.4 is 24.2 Å². The first-order valence-corrected chi connectivity index (χ1v) is 20.8. The number of thiazole rings is 1. The van der Waals surface area contributed by atoms with Crippen molar-refractivity contribution in [1.29, 1.82) is 0 Å². The van der Waals surface area contributed by atoms with Crippen molar-refractivity contribution in [3.63, 3.8) is 0 Å². The Balaban J connectivity index is 1.12. The fourth-order valence-electron chi connectivity index (χ4n) is 7.32. The molecule has 0 spiro atoms. The van der Waals surface area contributed by atoms with Crippen LogP contribution in [-0.4, -0.2) is 94.9 Å². The number of carbonyl (C=O) groups excluding carboxylic acids is 3. The summed E-state index contributed by atoms with van der Waals surface area (Å²) < 4.78 is 72.1. The monoisotopic (exact) mass is 800 g/mol. The number of benzene rings is 1. The topological polar surface area (TPSA) is 169 Å². The van der Waals surface area contributed by atoms with Gasteiger partial charge in [0.15, 0.2) is 11.5 Å². The molecule has 1 saturated heterocycles. The van der Waals surface area contributed by atoms with Gasteiger partial charge in [0.25, 0.3) is 5.91 Å². The van der Waals surface area contributed by atoms with Crippen LogP contribution in [0.5, 0.6) is 17.2 Å². The Morgan fingerprint density at radius 2 is 1.95 bits per heavy atom. The van der Waals surface area contributed by atoms with Gasteiger partial charge in [-0.15, -0.1) is 20.1 Å². The van der Waals surface area contributed by atoms with E-state index in [1.807, 2.05) is 31.4 Å². The number of pyridine rings is 1. The molecule has 5 aliphatic rings. The van der Waals surface area contributed by atoms with E-state index in [0.717, 1.165) is 12.1 Å². The van der Waals surface area contributed by atoms with Crippen LogP contribution >= 0.6 is 11.3 Å². The minimum Gasteiger partial charge on any atom is -0.488 e. The Morgan fingerprint density at radius 1 is 1.16 bits per heavy atom. The van der Waals surface area contributed by atoms with Crippen LogP contribution in [0.2, 0.25) is 0 Å². The lowest BCUT2D eigenvalue weighted by Crippen LogP contribution is -2.58. The van der Waals surface area contributed by atoms with Gasteiger partial charge in [0.2, 0.25) is 15.9 Å². The van der Waals surface area contributed by atoms with Crippen molar-refractivity contribution in [1.82, 2.24) is 29.8 Å². The molecule has 0 radical (unpaired) electrons. The zero-order valence-corrected chi connectivity index (χ0v) is 32.4. The summed E-state index contributed by atoms with van der Waals surface area (Å²) in [5.41, 5.74) is -0.304. The van der Waals surface area contributed by atoms with Gasteiger partial charge in [0.05, 0.1) is 17.0 Å². The van der Waals surface area contributed by atoms with Crippen LogP contribution in [0.1, 0.15) is 77.3 Å². The maximum absolute atomic E-state index is 14.3. The highest BCUT2D eigenvalue weighted by molar-refractivity contribution is 7.91. The van der Waals surface area contributed by atoms with Crippen LogP contribution in [0.4, 0.5) is 13.6 Å². The highest BCUT2D eigenvalue weighted by Crippen LogP contribution is 2.49. The molecule has 2 saturated carbocycles. The first kappa shape index (κ1) is 37.3. The van der Waals surface area contributed by atoms with Gasteiger partial charge in [0, 0.05) is 42.8 Å². The summed E-state index contributed by atoms with van der Waals surface area (Å²) in [4.78, 5) is 54.3. The fourth-order valence-corrected chi connectivity index (χ4v) is 9.58. The van der Waals surface area contributed by atoms with Crippen molar-refractivity contribution < 1.29 is 45.8 Å². The van der Waals surface area contributed by atoms with Crippen molar-refractivity contribution >= 4 is 50.1 Å². The van der Waals surface area contributed by atoms with Crippen LogP contribution in [-0.2, 0) is 19.6 Å². The normalized spacial score (nSPS) is 27.6. The van der Waals surface area contributed by atoms with Gasteiger partial charge in [-0.3, -0.25) is 14.3 Å². The quantitative estimate of drug-likeness (QED) is 0.300. The van der Waals surface area contributed by atoms with Gasteiger partial charge in [-0.25, -0.2) is 23.2 Å². The van der Waals surface area contributed by atoms with Crippen molar-refractivity contribution in [2.24, 2.45) is 5.92 Å². The second-order valence-corrected chi connectivity index (χ2v) is 18.7. The number of likely N-dealkylation sites (N-methyl/N-ethyl adjacent to an activating group) is 1. The molecule has 2 aliphatic carbocycles. The van der Waals surface area contributed by atoms with E-state index < -0.39 is 56.6 Å². The van der Waals surface area contributed by atoms with E-state index in [0.29, 0.717) is 48.3 Å². The Morgan fingerprint density at radius 3 is 2.67 bits per heavy atom. The number of alkyl halides is 2. The van der Waals surface area contributed by atoms with Gasteiger partial charge in [-0.1, -0.05) is 26.0 Å². The number of urea groups is 1. The number of hydrogen-bond donors (Lipinski definition) is 2. The Kier molecular flexibility index (Phi) is 9.02. The molecule has 55 heavy (non-hydrogen) atoms. The van der Waals surface area contributed by atoms with E-state index in [1.54, 1.807) is 24.9 Å². The summed E-state index contributed by atoms with van der Waals surface area (Å²) >= 11 is 1.33. The van der Waals surface area contributed by atoms with Gasteiger partial charge >= 0.3 is 12.3 Å². The van der Waals surface area contributed by atoms with E-state index in [2.05, 4.69) is 15.0 Å². The van der Waals surface area contributed by atoms with E-state index in [-0.39, 0.29) is 54.0 Å². The van der Waals surface area contributed by atoms with Gasteiger partial charge in [0.1, 0.15) is 39.7 Å². The van der Waals surface area contributed by atoms with Crippen LogP contribution in [0.15, 0.2) is 35.7 Å². The predicted molar refractivity (Wildman–Crippen MR) is 197 cm³/mol. The lowest BCUT2D eigenvalue weighted by molar-refractivity contribution is -0.286. The zero-order chi connectivity index (χ0) is 39.1. The van der Waals surface area contributed by atoms with Crippen molar-refractivity contribution in [2.45, 2.75) is 100 Å². The summed E-state index contributed by atoms with van der Waals surface area (Å²) in [6, 6.07) is 2.81. The number of fused-ring (bicyclic) bond motifs is 5. The molecule has 4 amide bonds. The number of ether oxygens (including phenoxy) is 3. The molecule has 2 N–H and O–H groups in total. The van der Waals surface area contributed by atoms with Crippen LogP contribution in [0, 0.1) is 5.92 Å². The smallest absolute Gasteiger partial charge is 0.488 e. The molecule has 4 atom stereocenters. The number of sulfonamides is 1. The van der Waals surface area contributed by atoms with E-state index in [1.165, 1.54) is 28.4 Å². The average Bonchev–Trinajstić information content (AvgIpc) is 3.80. The number of rotatable bonds is 7. The molecule has 294 valence electrons. The molecule has 3 aliphatic heterocycles. The first-order valence-electron chi connectivity index (χ1n) is 18.4. The number of hydrogen-bond acceptors (Lipinski definition) is 11. The number of allylic oxidation sites excluding steroid dienone is 1. The lowest BCUT2D eigenvalue weighted by Gasteiger charge is -2.30. The van der Waals surface area contributed by atoms with E-state index in [9.17, 15) is 31.6 Å². The molecule has 18 heteroatoms. The SMILES string of the molecule is CC(C)c1csc(-c2cc(O[C@H]3C[C@H]4C(=O)N(C)CCCC/C=C\[C@@H]5C[C@@]5(C(=O)NS(=O)(=O)C5(C)CC5)NC(=O)N4C3)c3ccc4c(c3n2)OC(F)(F)O4)n1. The second-order valence-electron chi connectivity index (χ2n) is 15.6. The molecule has 1 aromatic carbocycles. The fraction of sp³-hybridized carbons (Fsp3) is 0.541. The Bertz CT molecular complexity index is 2230. The van der Waals surface area contributed by atoms with Crippen LogP contribution in [0.3, 0.4) is 0 Å². The summed E-state index contributed by atoms with van der Waals surface area (Å²) in [7, 11) is -2.32. The second kappa shape index (κ2) is 13.3. The van der Waals surface area contributed by atoms with E-state index >= 15 is 0 Å². The molecule has 3 fully saturated rings. The number of nitrogens with zero attached hydrogens (tertiary/aromatic N) is 4. The number of halogens is 2. The van der Waals surface area contributed by atoms with Crippen molar-refractivity contribution in [3.8, 4) is 28.0 Å². The molecule has 3 aromatic rings. The molecular weight excluding hydrogens is 759 g/mol. The molecule has 14 nitrogen and oxygen atoms in total. The highest BCUT2D eigenvalue weighted by Gasteiger charge is 2.63. The minimum atomic E-state index is -3.99. The van der Waals surface area contributed by atoms with Gasteiger partial charge in [-0.05, 0) is 63.5 Å². The molecule has 0 bridgehead atoms. The maximum atomic E-state index is 14.3. The third-order valence-corrected chi connectivity index (χ3v) is 14.2. The Labute approximate surface area is 320 Å². The molecule has 5 heterocycles. The van der Waals surface area contributed by atoms with Crippen molar-refractivity contribution in [3.05, 3.63) is 41.4 Å². The van der Waals surface area contributed by atoms with Crippen LogP contribution in [0.25, 0.3) is 21.6 Å². The zero-order valence-electron chi connectivity index (χ0n) is 30.8. The number of aromatic nitrogens is 2. The third-order valence-electron chi connectivity index (χ3n) is 11.2.